The number of ketones is 1. The van der Waals surface area contributed by atoms with E-state index in [2.05, 4.69) is 0 Å². The van der Waals surface area contributed by atoms with Gasteiger partial charge in [0.1, 0.15) is 5.78 Å². The lowest BCUT2D eigenvalue weighted by Gasteiger charge is -2.29. The second kappa shape index (κ2) is 7.62. The van der Waals surface area contributed by atoms with E-state index in [1.54, 1.807) is 13.8 Å². The summed E-state index contributed by atoms with van der Waals surface area (Å²) in [5, 5.41) is 0. The third-order valence-corrected chi connectivity index (χ3v) is 2.46. The molecule has 0 aliphatic heterocycles. The highest BCUT2D eigenvalue weighted by molar-refractivity contribution is 5.85. The van der Waals surface area contributed by atoms with Crippen molar-refractivity contribution in [1.29, 1.82) is 0 Å². The summed E-state index contributed by atoms with van der Waals surface area (Å²) < 4.78 is 86.8. The molecule has 1 unspecified atom stereocenters. The fourth-order valence-electron chi connectivity index (χ4n) is 1.57. The van der Waals surface area contributed by atoms with E-state index >= 15 is 0 Å². The van der Waals surface area contributed by atoms with E-state index in [9.17, 15) is 35.5 Å². The standard InChI is InChI=1S/C11H16F7NO.ClH/c1-6(2)3-8(20)4-7(19)5-9(12,13)10(14,15)11(16,17)18;/h6-7H,3-5,19H2,1-2H3;1H. The third kappa shape index (κ3) is 6.37. The molecule has 21 heavy (non-hydrogen) atoms. The van der Waals surface area contributed by atoms with Crippen LogP contribution >= 0.6 is 12.4 Å². The minimum absolute atomic E-state index is 0. The van der Waals surface area contributed by atoms with Gasteiger partial charge in [-0.2, -0.15) is 30.7 Å². The summed E-state index contributed by atoms with van der Waals surface area (Å²) in [5.74, 6) is -12.2. The number of halogens is 8. The van der Waals surface area contributed by atoms with Crippen LogP contribution in [-0.4, -0.2) is 29.8 Å². The van der Waals surface area contributed by atoms with Crippen LogP contribution in [0.3, 0.4) is 0 Å². The average molecular weight is 348 g/mol. The van der Waals surface area contributed by atoms with Crippen molar-refractivity contribution >= 4 is 18.2 Å². The highest BCUT2D eigenvalue weighted by Gasteiger charge is 2.72. The largest absolute Gasteiger partial charge is 0.459 e. The summed E-state index contributed by atoms with van der Waals surface area (Å²) in [4.78, 5) is 11.3. The van der Waals surface area contributed by atoms with Crippen molar-refractivity contribution in [1.82, 2.24) is 0 Å². The van der Waals surface area contributed by atoms with Crippen LogP contribution in [-0.2, 0) is 4.79 Å². The van der Waals surface area contributed by atoms with E-state index in [0.29, 0.717) is 0 Å². The Bertz CT molecular complexity index is 344. The normalized spacial score (nSPS) is 14.8. The molecule has 0 radical (unpaired) electrons. The highest BCUT2D eigenvalue weighted by Crippen LogP contribution is 2.48. The van der Waals surface area contributed by atoms with Gasteiger partial charge < -0.3 is 5.73 Å². The van der Waals surface area contributed by atoms with Crippen LogP contribution in [0.1, 0.15) is 33.1 Å². The number of hydrogen-bond acceptors (Lipinski definition) is 2. The zero-order chi connectivity index (χ0) is 16.4. The van der Waals surface area contributed by atoms with Gasteiger partial charge in [-0.3, -0.25) is 4.79 Å². The molecule has 0 bridgehead atoms. The molecule has 0 aromatic carbocycles. The average Bonchev–Trinajstić information content (AvgIpc) is 2.11. The van der Waals surface area contributed by atoms with Crippen molar-refractivity contribution in [3.63, 3.8) is 0 Å². The quantitative estimate of drug-likeness (QED) is 0.708. The number of alkyl halides is 7. The van der Waals surface area contributed by atoms with Gasteiger partial charge >= 0.3 is 18.0 Å². The molecule has 0 amide bonds. The van der Waals surface area contributed by atoms with Gasteiger partial charge in [0.15, 0.2) is 0 Å². The number of carbonyl (C=O) groups is 1. The molecule has 128 valence electrons. The summed E-state index contributed by atoms with van der Waals surface area (Å²) in [6.07, 6.45) is -8.96. The lowest BCUT2D eigenvalue weighted by atomic mass is 9.96. The van der Waals surface area contributed by atoms with Gasteiger partial charge in [0.2, 0.25) is 0 Å². The van der Waals surface area contributed by atoms with Gasteiger partial charge in [0.25, 0.3) is 0 Å². The topological polar surface area (TPSA) is 43.1 Å². The summed E-state index contributed by atoms with van der Waals surface area (Å²) in [7, 11) is 0. The van der Waals surface area contributed by atoms with Crippen molar-refractivity contribution in [2.24, 2.45) is 11.7 Å². The molecule has 0 aromatic rings. The van der Waals surface area contributed by atoms with Gasteiger partial charge in [0.05, 0.1) is 0 Å². The predicted octanol–water partition coefficient (Wildman–Crippen LogP) is 3.96. The van der Waals surface area contributed by atoms with E-state index in [0.717, 1.165) is 0 Å². The molecule has 2 N–H and O–H groups in total. The smallest absolute Gasteiger partial charge is 0.327 e. The van der Waals surface area contributed by atoms with Gasteiger partial charge in [-0.05, 0) is 5.92 Å². The first-order valence-corrected chi connectivity index (χ1v) is 5.80. The molecular weight excluding hydrogens is 331 g/mol. The first kappa shape index (κ1) is 22.7. The summed E-state index contributed by atoms with van der Waals surface area (Å²) in [6, 6.07) is -1.76. The molecule has 2 nitrogen and oxygen atoms in total. The Morgan fingerprint density at radius 3 is 1.76 bits per heavy atom. The first-order chi connectivity index (χ1) is 8.70. The maximum absolute atomic E-state index is 13.0. The lowest BCUT2D eigenvalue weighted by Crippen LogP contribution is -2.54. The molecule has 10 heteroatoms. The van der Waals surface area contributed by atoms with Crippen LogP contribution in [0.15, 0.2) is 0 Å². The monoisotopic (exact) mass is 347 g/mol. The Hall–Kier alpha value is -0.570. The van der Waals surface area contributed by atoms with Crippen LogP contribution in [0.4, 0.5) is 30.7 Å². The molecule has 1 atom stereocenters. The molecule has 0 spiro atoms. The Kier molecular flexibility index (Phi) is 8.24. The van der Waals surface area contributed by atoms with Gasteiger partial charge in [-0.1, -0.05) is 13.8 Å². The molecule has 0 saturated carbocycles. The lowest BCUT2D eigenvalue weighted by molar-refractivity contribution is -0.356. The summed E-state index contributed by atoms with van der Waals surface area (Å²) >= 11 is 0. The second-order valence-electron chi connectivity index (χ2n) is 5.08. The number of Topliss-reactive ketones (excluding diaryl/α,β-unsaturated/α-hetero) is 1. The van der Waals surface area contributed by atoms with Crippen LogP contribution in [0.5, 0.6) is 0 Å². The Balaban J connectivity index is 0. The minimum Gasteiger partial charge on any atom is -0.327 e. The molecule has 0 aliphatic carbocycles. The molecule has 0 heterocycles. The maximum Gasteiger partial charge on any atom is 0.459 e. The van der Waals surface area contributed by atoms with Crippen molar-refractivity contribution in [2.75, 3.05) is 0 Å². The van der Waals surface area contributed by atoms with Crippen LogP contribution in [0, 0.1) is 5.92 Å². The fourth-order valence-corrected chi connectivity index (χ4v) is 1.57. The van der Waals surface area contributed by atoms with Crippen LogP contribution < -0.4 is 5.73 Å². The predicted molar refractivity (Wildman–Crippen MR) is 64.9 cm³/mol. The number of carbonyl (C=O) groups excluding carboxylic acids is 1. The maximum atomic E-state index is 13.0. The van der Waals surface area contributed by atoms with Crippen LogP contribution in [0.25, 0.3) is 0 Å². The van der Waals surface area contributed by atoms with E-state index in [4.69, 9.17) is 5.73 Å². The molecule has 0 fully saturated rings. The van der Waals surface area contributed by atoms with Crippen molar-refractivity contribution in [2.45, 2.75) is 57.2 Å². The first-order valence-electron chi connectivity index (χ1n) is 5.80. The molecule has 0 rings (SSSR count). The van der Waals surface area contributed by atoms with E-state index in [1.165, 1.54) is 0 Å². The SMILES string of the molecule is CC(C)CC(=O)CC(N)CC(F)(F)C(F)(F)C(F)(F)F.Cl. The third-order valence-electron chi connectivity index (χ3n) is 2.46. The molecule has 0 aliphatic rings. The Morgan fingerprint density at radius 2 is 1.43 bits per heavy atom. The van der Waals surface area contributed by atoms with Gasteiger partial charge in [0, 0.05) is 25.3 Å². The number of rotatable bonds is 7. The van der Waals surface area contributed by atoms with Crippen molar-refractivity contribution < 1.29 is 35.5 Å². The summed E-state index contributed by atoms with van der Waals surface area (Å²) in [5.41, 5.74) is 5.07. The molecular formula is C11H17ClF7NO. The van der Waals surface area contributed by atoms with E-state index in [-0.39, 0.29) is 24.7 Å². The van der Waals surface area contributed by atoms with Crippen LogP contribution in [0.2, 0.25) is 0 Å². The zero-order valence-electron chi connectivity index (χ0n) is 11.3. The van der Waals surface area contributed by atoms with E-state index < -0.39 is 42.7 Å². The minimum atomic E-state index is -6.38. The Morgan fingerprint density at radius 1 is 1.00 bits per heavy atom. The number of nitrogens with two attached hydrogens (primary N) is 1. The highest BCUT2D eigenvalue weighted by atomic mass is 35.5. The fraction of sp³-hybridized carbons (Fsp3) is 0.909. The second-order valence-corrected chi connectivity index (χ2v) is 5.08. The van der Waals surface area contributed by atoms with Gasteiger partial charge in [-0.15, -0.1) is 12.4 Å². The summed E-state index contributed by atoms with van der Waals surface area (Å²) in [6.45, 7) is 3.33. The van der Waals surface area contributed by atoms with Crippen molar-refractivity contribution in [3.05, 3.63) is 0 Å². The van der Waals surface area contributed by atoms with Gasteiger partial charge in [-0.25, -0.2) is 0 Å². The Labute approximate surface area is 123 Å². The number of hydrogen-bond donors (Lipinski definition) is 1. The molecule has 0 saturated heterocycles. The molecule has 0 aromatic heterocycles. The van der Waals surface area contributed by atoms with Crippen molar-refractivity contribution in [3.8, 4) is 0 Å². The zero-order valence-corrected chi connectivity index (χ0v) is 12.1. The van der Waals surface area contributed by atoms with E-state index in [1.807, 2.05) is 0 Å².